The first-order chi connectivity index (χ1) is 8.89. The molecule has 8 heteroatoms. The zero-order chi connectivity index (χ0) is 14.5. The van der Waals surface area contributed by atoms with Crippen LogP contribution in [0.25, 0.3) is 0 Å². The summed E-state index contributed by atoms with van der Waals surface area (Å²) in [5.41, 5.74) is 0.500. The molecular weight excluding hydrogens is 270 g/mol. The van der Waals surface area contributed by atoms with Gasteiger partial charge in [0.25, 0.3) is 0 Å². The molecule has 0 saturated heterocycles. The average molecular weight is 287 g/mol. The summed E-state index contributed by atoms with van der Waals surface area (Å²) in [4.78, 5) is 14.3. The predicted molar refractivity (Wildman–Crippen MR) is 71.1 cm³/mol. The number of hydrogen-bond acceptors (Lipinski definition) is 4. The van der Waals surface area contributed by atoms with Gasteiger partial charge in [-0.15, -0.1) is 0 Å². The van der Waals surface area contributed by atoms with E-state index >= 15 is 0 Å². The molecule has 1 N–H and O–H groups in total. The van der Waals surface area contributed by atoms with Crippen molar-refractivity contribution in [1.29, 1.82) is 0 Å². The molecule has 0 aliphatic heterocycles. The van der Waals surface area contributed by atoms with Crippen molar-refractivity contribution in [3.8, 4) is 0 Å². The molecule has 19 heavy (non-hydrogen) atoms. The van der Waals surface area contributed by atoms with Crippen molar-refractivity contribution in [3.05, 3.63) is 24.5 Å². The minimum Gasteiger partial charge on any atom is -0.481 e. The lowest BCUT2D eigenvalue weighted by Gasteiger charge is -2.27. The monoisotopic (exact) mass is 287 g/mol. The minimum absolute atomic E-state index is 0.0702. The molecule has 0 aliphatic carbocycles. The Morgan fingerprint density at radius 2 is 1.95 bits per heavy atom. The number of carboxylic acids is 1. The summed E-state index contributed by atoms with van der Waals surface area (Å²) >= 11 is 0. The van der Waals surface area contributed by atoms with Gasteiger partial charge in [-0.2, -0.15) is 12.7 Å². The number of aliphatic carboxylic acids is 1. The van der Waals surface area contributed by atoms with Crippen LogP contribution in [0.3, 0.4) is 0 Å². The highest BCUT2D eigenvalue weighted by Gasteiger charge is 2.26. The quantitative estimate of drug-likeness (QED) is 0.791. The maximum atomic E-state index is 12.3. The third kappa shape index (κ3) is 3.90. The molecule has 0 radical (unpaired) electrons. The van der Waals surface area contributed by atoms with Gasteiger partial charge >= 0.3 is 16.2 Å². The Labute approximate surface area is 112 Å². The molecule has 0 atom stereocenters. The highest BCUT2D eigenvalue weighted by molar-refractivity contribution is 7.90. The van der Waals surface area contributed by atoms with Crippen LogP contribution >= 0.6 is 0 Å². The molecule has 0 fully saturated rings. The van der Waals surface area contributed by atoms with E-state index in [2.05, 4.69) is 4.98 Å². The van der Waals surface area contributed by atoms with Crippen molar-refractivity contribution in [2.24, 2.45) is 0 Å². The van der Waals surface area contributed by atoms with Gasteiger partial charge in [-0.05, 0) is 19.1 Å². The molecule has 0 spiro atoms. The SMILES string of the molecule is CCN(c1ccncc1)S(=O)(=O)N(C)CCC(=O)O. The van der Waals surface area contributed by atoms with E-state index in [9.17, 15) is 13.2 Å². The fourth-order valence-electron chi connectivity index (χ4n) is 1.53. The van der Waals surface area contributed by atoms with Crippen molar-refractivity contribution < 1.29 is 18.3 Å². The van der Waals surface area contributed by atoms with Crippen LogP contribution in [0.1, 0.15) is 13.3 Å². The van der Waals surface area contributed by atoms with Crippen LogP contribution in [0.4, 0.5) is 5.69 Å². The van der Waals surface area contributed by atoms with Gasteiger partial charge in [0.2, 0.25) is 0 Å². The van der Waals surface area contributed by atoms with Crippen molar-refractivity contribution in [1.82, 2.24) is 9.29 Å². The first-order valence-corrected chi connectivity index (χ1v) is 7.15. The maximum absolute atomic E-state index is 12.3. The molecular formula is C11H17N3O4S. The van der Waals surface area contributed by atoms with Crippen molar-refractivity contribution in [2.75, 3.05) is 24.4 Å². The molecule has 0 aliphatic rings. The zero-order valence-corrected chi connectivity index (χ0v) is 11.7. The summed E-state index contributed by atoms with van der Waals surface area (Å²) in [6, 6.07) is 3.18. The molecule has 1 aromatic rings. The van der Waals surface area contributed by atoms with Crippen molar-refractivity contribution in [3.63, 3.8) is 0 Å². The third-order valence-electron chi connectivity index (χ3n) is 2.55. The molecule has 106 valence electrons. The van der Waals surface area contributed by atoms with Crippen molar-refractivity contribution in [2.45, 2.75) is 13.3 Å². The van der Waals surface area contributed by atoms with Gasteiger partial charge in [-0.3, -0.25) is 14.1 Å². The van der Waals surface area contributed by atoms with E-state index in [-0.39, 0.29) is 19.5 Å². The Kier molecular flexibility index (Phi) is 5.25. The van der Waals surface area contributed by atoms with E-state index in [1.54, 1.807) is 19.1 Å². The molecule has 1 heterocycles. The average Bonchev–Trinajstić information content (AvgIpc) is 2.37. The van der Waals surface area contributed by atoms with Gasteiger partial charge in [0.15, 0.2) is 0 Å². The number of nitrogens with zero attached hydrogens (tertiary/aromatic N) is 3. The normalized spacial score (nSPS) is 11.5. The molecule has 1 rings (SSSR count). The van der Waals surface area contributed by atoms with Crippen LogP contribution in [0.15, 0.2) is 24.5 Å². The summed E-state index contributed by atoms with van der Waals surface area (Å²) in [5.74, 6) is -1.03. The predicted octanol–water partition coefficient (Wildman–Crippen LogP) is 0.559. The van der Waals surface area contributed by atoms with E-state index < -0.39 is 16.2 Å². The minimum atomic E-state index is -3.72. The van der Waals surface area contributed by atoms with E-state index in [1.807, 2.05) is 0 Å². The standard InChI is InChI=1S/C11H17N3O4S/c1-3-14(10-4-7-12-8-5-10)19(17,18)13(2)9-6-11(15)16/h4-5,7-8H,3,6,9H2,1-2H3,(H,15,16). The number of aromatic nitrogens is 1. The van der Waals surface area contributed by atoms with Crippen molar-refractivity contribution >= 4 is 21.9 Å². The van der Waals surface area contributed by atoms with Crippen LogP contribution in [0.5, 0.6) is 0 Å². The Morgan fingerprint density at radius 3 is 2.42 bits per heavy atom. The lowest BCUT2D eigenvalue weighted by Crippen LogP contribution is -2.42. The van der Waals surface area contributed by atoms with Crippen LogP contribution < -0.4 is 4.31 Å². The van der Waals surface area contributed by atoms with Crippen LogP contribution in [0, 0.1) is 0 Å². The second-order valence-electron chi connectivity index (χ2n) is 3.84. The van der Waals surface area contributed by atoms with E-state index in [0.29, 0.717) is 5.69 Å². The largest absolute Gasteiger partial charge is 0.481 e. The fourth-order valence-corrected chi connectivity index (χ4v) is 2.90. The van der Waals surface area contributed by atoms with Crippen LogP contribution in [-0.2, 0) is 15.0 Å². The molecule has 0 unspecified atom stereocenters. The van der Waals surface area contributed by atoms with Gasteiger partial charge in [-0.1, -0.05) is 0 Å². The first kappa shape index (κ1) is 15.4. The molecule has 0 bridgehead atoms. The molecule has 1 aromatic heterocycles. The highest BCUT2D eigenvalue weighted by atomic mass is 32.2. The number of hydrogen-bond donors (Lipinski definition) is 1. The number of rotatable bonds is 7. The summed E-state index contributed by atoms with van der Waals surface area (Å²) in [5, 5.41) is 8.60. The van der Waals surface area contributed by atoms with E-state index in [1.165, 1.54) is 23.7 Å². The number of carboxylic acid groups (broad SMARTS) is 1. The lowest BCUT2D eigenvalue weighted by molar-refractivity contribution is -0.137. The van der Waals surface area contributed by atoms with Gasteiger partial charge in [0.05, 0.1) is 12.1 Å². The molecule has 0 aromatic carbocycles. The first-order valence-electron chi connectivity index (χ1n) is 5.75. The summed E-state index contributed by atoms with van der Waals surface area (Å²) in [6.07, 6.45) is 2.78. The number of pyridine rings is 1. The van der Waals surface area contributed by atoms with E-state index in [4.69, 9.17) is 5.11 Å². The Morgan fingerprint density at radius 1 is 1.37 bits per heavy atom. The van der Waals surface area contributed by atoms with Gasteiger partial charge in [0.1, 0.15) is 0 Å². The summed E-state index contributed by atoms with van der Waals surface area (Å²) < 4.78 is 26.9. The molecule has 0 saturated carbocycles. The topological polar surface area (TPSA) is 90.8 Å². The van der Waals surface area contributed by atoms with E-state index in [0.717, 1.165) is 4.31 Å². The van der Waals surface area contributed by atoms with Crippen LogP contribution in [0.2, 0.25) is 0 Å². The second kappa shape index (κ2) is 6.48. The smallest absolute Gasteiger partial charge is 0.304 e. The number of anilines is 1. The van der Waals surface area contributed by atoms with Gasteiger partial charge in [-0.25, -0.2) is 0 Å². The maximum Gasteiger partial charge on any atom is 0.304 e. The zero-order valence-electron chi connectivity index (χ0n) is 10.9. The Bertz CT molecular complexity index is 518. The third-order valence-corrected chi connectivity index (χ3v) is 4.55. The summed E-state index contributed by atoms with van der Waals surface area (Å²) in [6.45, 7) is 1.89. The molecule has 7 nitrogen and oxygen atoms in total. The van der Waals surface area contributed by atoms with Crippen LogP contribution in [-0.4, -0.2) is 48.9 Å². The lowest BCUT2D eigenvalue weighted by atomic mass is 10.4. The van der Waals surface area contributed by atoms with Gasteiger partial charge in [0, 0.05) is 32.5 Å². The Hall–Kier alpha value is -1.67. The number of carbonyl (C=O) groups is 1. The summed E-state index contributed by atoms with van der Waals surface area (Å²) in [7, 11) is -2.36. The molecule has 0 amide bonds. The highest BCUT2D eigenvalue weighted by Crippen LogP contribution is 2.18. The fraction of sp³-hybridized carbons (Fsp3) is 0.455. The second-order valence-corrected chi connectivity index (χ2v) is 5.80. The Balaban J connectivity index is 2.93. The van der Waals surface area contributed by atoms with Gasteiger partial charge < -0.3 is 5.11 Å².